The molecule has 1 rings (SSSR count). The van der Waals surface area contributed by atoms with E-state index in [0.717, 1.165) is 47.4 Å². The molecule has 0 saturated heterocycles. The van der Waals surface area contributed by atoms with Crippen molar-refractivity contribution in [2.45, 2.75) is 33.7 Å². The van der Waals surface area contributed by atoms with Crippen LogP contribution in [0.1, 0.15) is 32.8 Å². The fourth-order valence-electron chi connectivity index (χ4n) is 1.79. The Kier molecular flexibility index (Phi) is 9.56. The lowest BCUT2D eigenvalue weighted by Crippen LogP contribution is -2.19. The first-order valence-corrected chi connectivity index (χ1v) is 9.02. The van der Waals surface area contributed by atoms with Crippen LogP contribution in [0.15, 0.2) is 21.1 Å². The molecule has 0 saturated carbocycles. The molecule has 0 spiro atoms. The molecule has 1 N–H and O–H groups in total. The van der Waals surface area contributed by atoms with Gasteiger partial charge in [0.05, 0.1) is 22.2 Å². The molecule has 0 aliphatic rings. The van der Waals surface area contributed by atoms with Crippen molar-refractivity contribution in [2.24, 2.45) is 5.92 Å². The van der Waals surface area contributed by atoms with Crippen molar-refractivity contribution in [3.05, 3.63) is 26.6 Å². The van der Waals surface area contributed by atoms with E-state index >= 15 is 0 Å². The van der Waals surface area contributed by atoms with Gasteiger partial charge < -0.3 is 14.8 Å². The molecule has 0 aliphatic heterocycles. The predicted octanol–water partition coefficient (Wildman–Crippen LogP) is 4.76. The van der Waals surface area contributed by atoms with Gasteiger partial charge in [-0.05, 0) is 68.8 Å². The Morgan fingerprint density at radius 1 is 1.14 bits per heavy atom. The second kappa shape index (κ2) is 10.6. The van der Waals surface area contributed by atoms with Crippen molar-refractivity contribution in [3.63, 3.8) is 0 Å². The van der Waals surface area contributed by atoms with Crippen LogP contribution in [0.25, 0.3) is 0 Å². The number of halogens is 2. The van der Waals surface area contributed by atoms with Crippen molar-refractivity contribution >= 4 is 31.9 Å². The summed E-state index contributed by atoms with van der Waals surface area (Å²) in [6, 6.07) is 4.17. The second-order valence-electron chi connectivity index (χ2n) is 5.29. The molecule has 0 aliphatic carbocycles. The van der Waals surface area contributed by atoms with Gasteiger partial charge in [-0.2, -0.15) is 0 Å². The zero-order chi connectivity index (χ0) is 15.7. The normalized spacial score (nSPS) is 11.1. The zero-order valence-electron chi connectivity index (χ0n) is 13.0. The van der Waals surface area contributed by atoms with Crippen LogP contribution in [-0.2, 0) is 11.3 Å². The van der Waals surface area contributed by atoms with Gasteiger partial charge in [0.1, 0.15) is 5.75 Å². The van der Waals surface area contributed by atoms with E-state index in [4.69, 9.17) is 9.47 Å². The Morgan fingerprint density at radius 3 is 2.38 bits per heavy atom. The summed E-state index contributed by atoms with van der Waals surface area (Å²) in [7, 11) is 0. The lowest BCUT2D eigenvalue weighted by atomic mass is 10.1. The van der Waals surface area contributed by atoms with E-state index in [1.807, 2.05) is 6.92 Å². The number of nitrogens with one attached hydrogen (secondary N) is 1. The van der Waals surface area contributed by atoms with Crippen LogP contribution < -0.4 is 10.1 Å². The van der Waals surface area contributed by atoms with Gasteiger partial charge in [0.15, 0.2) is 0 Å². The number of benzene rings is 1. The number of ether oxygens (including phenoxy) is 2. The van der Waals surface area contributed by atoms with E-state index < -0.39 is 0 Å². The van der Waals surface area contributed by atoms with E-state index in [0.29, 0.717) is 12.5 Å². The van der Waals surface area contributed by atoms with E-state index in [1.165, 1.54) is 5.56 Å². The standard InChI is InChI=1S/C16H25Br2NO2/c1-4-21-16-14(17)9-13(10-15(16)18)11-19-6-8-20-7-5-12(2)3/h9-10,12,19H,4-8,11H2,1-3H3. The third kappa shape index (κ3) is 7.63. The summed E-state index contributed by atoms with van der Waals surface area (Å²) >= 11 is 7.10. The molecule has 5 heteroatoms. The molecule has 0 aromatic heterocycles. The molecular weight excluding hydrogens is 398 g/mol. The first-order valence-electron chi connectivity index (χ1n) is 7.43. The minimum atomic E-state index is 0.655. The number of rotatable bonds is 10. The largest absolute Gasteiger partial charge is 0.492 e. The molecule has 21 heavy (non-hydrogen) atoms. The molecule has 0 amide bonds. The van der Waals surface area contributed by atoms with Crippen molar-refractivity contribution < 1.29 is 9.47 Å². The van der Waals surface area contributed by atoms with Gasteiger partial charge in [-0.15, -0.1) is 0 Å². The smallest absolute Gasteiger partial charge is 0.147 e. The second-order valence-corrected chi connectivity index (χ2v) is 7.00. The van der Waals surface area contributed by atoms with Crippen LogP contribution >= 0.6 is 31.9 Å². The van der Waals surface area contributed by atoms with Crippen molar-refractivity contribution in [2.75, 3.05) is 26.4 Å². The Bertz CT molecular complexity index is 402. The summed E-state index contributed by atoms with van der Waals surface area (Å²) in [5.74, 6) is 1.56. The summed E-state index contributed by atoms with van der Waals surface area (Å²) < 4.78 is 13.1. The van der Waals surface area contributed by atoms with E-state index in [9.17, 15) is 0 Å². The van der Waals surface area contributed by atoms with E-state index in [1.54, 1.807) is 0 Å². The predicted molar refractivity (Wildman–Crippen MR) is 95.0 cm³/mol. The molecule has 1 aromatic carbocycles. The van der Waals surface area contributed by atoms with Gasteiger partial charge in [0.2, 0.25) is 0 Å². The first kappa shape index (κ1) is 18.9. The molecule has 1 aromatic rings. The Morgan fingerprint density at radius 2 is 1.81 bits per heavy atom. The summed E-state index contributed by atoms with van der Waals surface area (Å²) in [5.41, 5.74) is 1.21. The highest BCUT2D eigenvalue weighted by Crippen LogP contribution is 2.34. The highest BCUT2D eigenvalue weighted by molar-refractivity contribution is 9.11. The fourth-order valence-corrected chi connectivity index (χ4v) is 3.31. The van der Waals surface area contributed by atoms with Gasteiger partial charge >= 0.3 is 0 Å². The van der Waals surface area contributed by atoms with Crippen LogP contribution in [0.4, 0.5) is 0 Å². The maximum Gasteiger partial charge on any atom is 0.147 e. The van der Waals surface area contributed by atoms with Crippen LogP contribution in [0, 0.1) is 5.92 Å². The minimum Gasteiger partial charge on any atom is -0.492 e. The van der Waals surface area contributed by atoms with Crippen LogP contribution in [0.3, 0.4) is 0 Å². The van der Waals surface area contributed by atoms with Crippen molar-refractivity contribution in [1.82, 2.24) is 5.32 Å². The highest BCUT2D eigenvalue weighted by Gasteiger charge is 2.08. The van der Waals surface area contributed by atoms with E-state index in [2.05, 4.69) is 63.2 Å². The third-order valence-electron chi connectivity index (χ3n) is 2.94. The quantitative estimate of drug-likeness (QED) is 0.551. The van der Waals surface area contributed by atoms with Crippen molar-refractivity contribution in [3.8, 4) is 5.75 Å². The van der Waals surface area contributed by atoms with Gasteiger partial charge in [-0.1, -0.05) is 13.8 Å². The summed E-state index contributed by atoms with van der Waals surface area (Å²) in [4.78, 5) is 0. The van der Waals surface area contributed by atoms with Crippen LogP contribution in [-0.4, -0.2) is 26.4 Å². The Labute approximate surface area is 145 Å². The van der Waals surface area contributed by atoms with Gasteiger partial charge in [0.25, 0.3) is 0 Å². The fraction of sp³-hybridized carbons (Fsp3) is 0.625. The average Bonchev–Trinajstić information content (AvgIpc) is 2.41. The molecular formula is C16H25Br2NO2. The number of hydrogen-bond donors (Lipinski definition) is 1. The first-order chi connectivity index (χ1) is 10.0. The lowest BCUT2D eigenvalue weighted by molar-refractivity contribution is 0.125. The molecule has 0 atom stereocenters. The number of hydrogen-bond acceptors (Lipinski definition) is 3. The van der Waals surface area contributed by atoms with Gasteiger partial charge in [0, 0.05) is 19.7 Å². The summed E-state index contributed by atoms with van der Waals surface area (Å²) in [6.45, 7) is 10.3. The topological polar surface area (TPSA) is 30.5 Å². The maximum atomic E-state index is 5.58. The molecule has 0 heterocycles. The molecule has 0 radical (unpaired) electrons. The minimum absolute atomic E-state index is 0.655. The highest BCUT2D eigenvalue weighted by atomic mass is 79.9. The summed E-state index contributed by atoms with van der Waals surface area (Å²) in [5, 5.41) is 3.39. The lowest BCUT2D eigenvalue weighted by Gasteiger charge is -2.12. The Balaban J connectivity index is 2.29. The SMILES string of the molecule is CCOc1c(Br)cc(CNCCOCCC(C)C)cc1Br. The van der Waals surface area contributed by atoms with Crippen LogP contribution in [0.2, 0.25) is 0 Å². The molecule has 0 unspecified atom stereocenters. The zero-order valence-corrected chi connectivity index (χ0v) is 16.2. The molecule has 3 nitrogen and oxygen atoms in total. The third-order valence-corrected chi connectivity index (χ3v) is 4.12. The Hall–Kier alpha value is -0.100. The van der Waals surface area contributed by atoms with Crippen molar-refractivity contribution in [1.29, 1.82) is 0 Å². The average molecular weight is 423 g/mol. The maximum absolute atomic E-state index is 5.58. The van der Waals surface area contributed by atoms with Gasteiger partial charge in [-0.25, -0.2) is 0 Å². The van der Waals surface area contributed by atoms with E-state index in [-0.39, 0.29) is 0 Å². The molecule has 0 bridgehead atoms. The molecule has 0 fully saturated rings. The van der Waals surface area contributed by atoms with Crippen LogP contribution in [0.5, 0.6) is 5.75 Å². The monoisotopic (exact) mass is 421 g/mol. The molecule has 120 valence electrons. The van der Waals surface area contributed by atoms with Gasteiger partial charge in [-0.3, -0.25) is 0 Å². The summed E-state index contributed by atoms with van der Waals surface area (Å²) in [6.07, 6.45) is 1.12.